The van der Waals surface area contributed by atoms with Crippen LogP contribution in [0.25, 0.3) is 11.3 Å². The van der Waals surface area contributed by atoms with Crippen LogP contribution in [0.15, 0.2) is 49.1 Å². The maximum Gasteiger partial charge on any atom is 0.113 e. The van der Waals surface area contributed by atoms with Crippen LogP contribution in [0.3, 0.4) is 0 Å². The molecule has 3 heterocycles. The molecule has 0 amide bonds. The number of H-pyrrole nitrogens is 1. The van der Waals surface area contributed by atoms with Crippen LogP contribution in [0.2, 0.25) is 0 Å². The minimum absolute atomic E-state index is 0.173. The van der Waals surface area contributed by atoms with E-state index in [2.05, 4.69) is 25.6 Å². The van der Waals surface area contributed by atoms with Crippen molar-refractivity contribution in [3.63, 3.8) is 0 Å². The van der Waals surface area contributed by atoms with Gasteiger partial charge in [0.2, 0.25) is 0 Å². The Labute approximate surface area is 144 Å². The lowest BCUT2D eigenvalue weighted by Gasteiger charge is -2.21. The maximum absolute atomic E-state index is 10.2. The zero-order valence-electron chi connectivity index (χ0n) is 13.6. The van der Waals surface area contributed by atoms with Gasteiger partial charge < -0.3 is 20.1 Å². The van der Waals surface area contributed by atoms with E-state index in [9.17, 15) is 5.11 Å². The van der Waals surface area contributed by atoms with Crippen molar-refractivity contribution in [2.45, 2.75) is 31.3 Å². The summed E-state index contributed by atoms with van der Waals surface area (Å²) in [5.41, 5.74) is 2.81. The summed E-state index contributed by atoms with van der Waals surface area (Å²) in [5, 5.41) is 21.9. The van der Waals surface area contributed by atoms with Crippen LogP contribution in [0.1, 0.15) is 5.69 Å². The Morgan fingerprint density at radius 1 is 1.32 bits per heavy atom. The second-order valence-electron chi connectivity index (χ2n) is 6.11. The number of ether oxygens (including phenoxy) is 1. The number of nitrogens with zero attached hydrogens (tertiary/aromatic N) is 4. The summed E-state index contributed by atoms with van der Waals surface area (Å²) in [6.07, 6.45) is 4.56. The van der Waals surface area contributed by atoms with E-state index in [0.717, 1.165) is 17.0 Å². The molecule has 4 rings (SSSR count). The zero-order valence-corrected chi connectivity index (χ0v) is 13.6. The fourth-order valence-corrected chi connectivity index (χ4v) is 3.03. The van der Waals surface area contributed by atoms with E-state index < -0.39 is 6.10 Å². The number of hydrogen-bond acceptors (Lipinski definition) is 6. The van der Waals surface area contributed by atoms with E-state index in [1.807, 2.05) is 36.5 Å². The van der Waals surface area contributed by atoms with Gasteiger partial charge in [-0.2, -0.15) is 0 Å². The molecular weight excluding hydrogens is 320 g/mol. The number of aromatic amines is 1. The van der Waals surface area contributed by atoms with E-state index in [-0.39, 0.29) is 12.1 Å². The third kappa shape index (κ3) is 3.60. The number of aliphatic hydroxyl groups is 1. The van der Waals surface area contributed by atoms with Crippen molar-refractivity contribution in [2.24, 2.45) is 0 Å². The van der Waals surface area contributed by atoms with Gasteiger partial charge in [-0.1, -0.05) is 35.5 Å². The van der Waals surface area contributed by atoms with Crippen LogP contribution in [-0.2, 0) is 17.8 Å². The molecule has 3 N–H and O–H groups in total. The van der Waals surface area contributed by atoms with Gasteiger partial charge in [0.1, 0.15) is 5.69 Å². The first kappa shape index (κ1) is 15.9. The summed E-state index contributed by atoms with van der Waals surface area (Å²) in [7, 11) is 0. The van der Waals surface area contributed by atoms with Crippen molar-refractivity contribution in [3.05, 3.63) is 54.7 Å². The lowest BCUT2D eigenvalue weighted by molar-refractivity contribution is 0.0741. The first-order valence-corrected chi connectivity index (χ1v) is 8.25. The summed E-state index contributed by atoms with van der Waals surface area (Å²) in [4.78, 5) is 7.03. The van der Waals surface area contributed by atoms with E-state index in [1.165, 1.54) is 0 Å². The quantitative estimate of drug-likeness (QED) is 0.607. The highest BCUT2D eigenvalue weighted by Gasteiger charge is 2.36. The van der Waals surface area contributed by atoms with Crippen LogP contribution in [0, 0.1) is 0 Å². The average Bonchev–Trinajstić information content (AvgIpc) is 3.37. The van der Waals surface area contributed by atoms with Gasteiger partial charge in [-0.05, 0) is 0 Å². The number of aliphatic hydroxyl groups excluding tert-OH is 1. The van der Waals surface area contributed by atoms with Crippen LogP contribution in [-0.4, -0.2) is 54.9 Å². The highest BCUT2D eigenvalue weighted by atomic mass is 16.5. The molecule has 8 nitrogen and oxygen atoms in total. The minimum atomic E-state index is -0.551. The second-order valence-corrected chi connectivity index (χ2v) is 6.11. The molecular formula is C17H20N6O2. The van der Waals surface area contributed by atoms with E-state index >= 15 is 0 Å². The fourth-order valence-electron chi connectivity index (χ4n) is 3.03. The largest absolute Gasteiger partial charge is 0.389 e. The Morgan fingerprint density at radius 2 is 2.20 bits per heavy atom. The predicted molar refractivity (Wildman–Crippen MR) is 90.4 cm³/mol. The van der Waals surface area contributed by atoms with Crippen molar-refractivity contribution in [1.82, 2.24) is 30.3 Å². The maximum atomic E-state index is 10.2. The van der Waals surface area contributed by atoms with Gasteiger partial charge in [-0.15, -0.1) is 5.10 Å². The van der Waals surface area contributed by atoms with E-state index in [1.54, 1.807) is 17.2 Å². The third-order valence-corrected chi connectivity index (χ3v) is 4.35. The molecule has 3 atom stereocenters. The molecule has 2 aromatic heterocycles. The summed E-state index contributed by atoms with van der Waals surface area (Å²) < 4.78 is 7.50. The van der Waals surface area contributed by atoms with Crippen molar-refractivity contribution in [1.29, 1.82) is 0 Å². The van der Waals surface area contributed by atoms with Crippen LogP contribution in [0.5, 0.6) is 0 Å². The molecule has 3 aromatic rings. The van der Waals surface area contributed by atoms with E-state index in [0.29, 0.717) is 19.7 Å². The van der Waals surface area contributed by atoms with Crippen molar-refractivity contribution < 1.29 is 9.84 Å². The molecule has 1 aliphatic rings. The molecule has 0 saturated carbocycles. The summed E-state index contributed by atoms with van der Waals surface area (Å²) in [5.74, 6) is 0. The van der Waals surface area contributed by atoms with Gasteiger partial charge in [0.05, 0.1) is 43.9 Å². The lowest BCUT2D eigenvalue weighted by atomic mass is 10.1. The standard InChI is InChI=1S/C17H20N6O2/c24-15-10-25-16(17(15)19-7-13-6-18-11-20-13)9-23-8-14(21-22-23)12-4-2-1-3-5-12/h1-6,8,11,15-17,19,24H,7,9-10H2,(H,18,20)/t15-,16+,17+/m0/s1. The highest BCUT2D eigenvalue weighted by molar-refractivity contribution is 5.57. The Morgan fingerprint density at radius 3 is 3.00 bits per heavy atom. The molecule has 0 bridgehead atoms. The minimum Gasteiger partial charge on any atom is -0.389 e. The smallest absolute Gasteiger partial charge is 0.113 e. The third-order valence-electron chi connectivity index (χ3n) is 4.35. The molecule has 1 fully saturated rings. The molecule has 0 unspecified atom stereocenters. The first-order valence-electron chi connectivity index (χ1n) is 8.25. The fraction of sp³-hybridized carbons (Fsp3) is 0.353. The first-order chi connectivity index (χ1) is 12.3. The van der Waals surface area contributed by atoms with Crippen LogP contribution in [0.4, 0.5) is 0 Å². The topological polar surface area (TPSA) is 101 Å². The van der Waals surface area contributed by atoms with Crippen molar-refractivity contribution >= 4 is 0 Å². The number of benzene rings is 1. The number of rotatable bonds is 6. The molecule has 0 aliphatic carbocycles. The molecule has 0 radical (unpaired) electrons. The van der Waals surface area contributed by atoms with Gasteiger partial charge in [0.15, 0.2) is 0 Å². The Kier molecular flexibility index (Phi) is 4.55. The zero-order chi connectivity index (χ0) is 17.1. The number of hydrogen-bond donors (Lipinski definition) is 3. The van der Waals surface area contributed by atoms with Gasteiger partial charge in [0, 0.05) is 24.0 Å². The van der Waals surface area contributed by atoms with Gasteiger partial charge in [-0.25, -0.2) is 9.67 Å². The predicted octanol–water partition coefficient (Wildman–Crippen LogP) is 0.586. The second kappa shape index (κ2) is 7.14. The normalized spacial score (nSPS) is 23.2. The monoisotopic (exact) mass is 340 g/mol. The molecule has 0 spiro atoms. The van der Waals surface area contributed by atoms with Gasteiger partial charge >= 0.3 is 0 Å². The highest BCUT2D eigenvalue weighted by Crippen LogP contribution is 2.19. The summed E-state index contributed by atoms with van der Waals surface area (Å²) in [6, 6.07) is 9.74. The molecule has 1 aliphatic heterocycles. The molecule has 25 heavy (non-hydrogen) atoms. The van der Waals surface area contributed by atoms with Gasteiger partial charge in [0.25, 0.3) is 0 Å². The van der Waals surface area contributed by atoms with Crippen molar-refractivity contribution in [2.75, 3.05) is 6.61 Å². The number of nitrogens with one attached hydrogen (secondary N) is 2. The molecule has 8 heteroatoms. The number of imidazole rings is 1. The van der Waals surface area contributed by atoms with Gasteiger partial charge in [-0.3, -0.25) is 0 Å². The molecule has 1 aromatic carbocycles. The summed E-state index contributed by atoms with van der Waals surface area (Å²) >= 11 is 0. The van der Waals surface area contributed by atoms with E-state index in [4.69, 9.17) is 4.74 Å². The number of aromatic nitrogens is 5. The SMILES string of the molecule is O[C@H]1CO[C@H](Cn2cc(-c3ccccc3)nn2)[C@@H]1NCc1cnc[nH]1. The summed E-state index contributed by atoms with van der Waals surface area (Å²) in [6.45, 7) is 1.43. The Balaban J connectivity index is 1.41. The van der Waals surface area contributed by atoms with Crippen molar-refractivity contribution in [3.8, 4) is 11.3 Å². The lowest BCUT2D eigenvalue weighted by Crippen LogP contribution is -2.45. The van der Waals surface area contributed by atoms with Crippen LogP contribution >= 0.6 is 0 Å². The Bertz CT molecular complexity index is 789. The molecule has 130 valence electrons. The molecule has 1 saturated heterocycles. The Hall–Kier alpha value is -2.55. The van der Waals surface area contributed by atoms with Crippen LogP contribution < -0.4 is 5.32 Å². The average molecular weight is 340 g/mol.